The molecule has 4 heteroatoms. The van der Waals surface area contributed by atoms with Crippen LogP contribution in [-0.4, -0.2) is 13.2 Å². The Hall–Kier alpha value is 0.240. The van der Waals surface area contributed by atoms with Gasteiger partial charge in [-0.25, -0.2) is 8.42 Å². The highest BCUT2D eigenvalue weighted by atomic mass is 35.7. The van der Waals surface area contributed by atoms with Crippen molar-refractivity contribution in [3.05, 3.63) is 0 Å². The maximum Gasteiger partial charge on any atom is 0.238 e. The number of hydrogen-bond donors (Lipinski definition) is 0. The van der Waals surface area contributed by atoms with Crippen LogP contribution in [0.15, 0.2) is 0 Å². The summed E-state index contributed by atoms with van der Waals surface area (Å²) < 4.78 is 22.0. The maximum absolute atomic E-state index is 11.3. The lowest BCUT2D eigenvalue weighted by Gasteiger charge is -2.11. The van der Waals surface area contributed by atoms with Crippen molar-refractivity contribution in [2.75, 3.05) is 0 Å². The Labute approximate surface area is 84.1 Å². The van der Waals surface area contributed by atoms with Crippen molar-refractivity contribution in [1.29, 1.82) is 0 Å². The zero-order valence-corrected chi connectivity index (χ0v) is 9.58. The van der Waals surface area contributed by atoms with Gasteiger partial charge in [-0.3, -0.25) is 0 Å². The first kappa shape index (κ1) is 9.78. The molecule has 2 fully saturated rings. The molecule has 2 aliphatic rings. The average molecular weight is 223 g/mol. The van der Waals surface area contributed by atoms with E-state index in [1.54, 1.807) is 0 Å². The highest BCUT2D eigenvalue weighted by Gasteiger charge is 2.59. The van der Waals surface area contributed by atoms with Crippen LogP contribution in [0, 0.1) is 11.3 Å². The van der Waals surface area contributed by atoms with E-state index in [1.165, 1.54) is 0 Å². The molecule has 1 unspecified atom stereocenters. The van der Waals surface area contributed by atoms with E-state index in [2.05, 4.69) is 13.8 Å². The van der Waals surface area contributed by atoms with Crippen LogP contribution in [0.4, 0.5) is 0 Å². The van der Waals surface area contributed by atoms with Gasteiger partial charge in [0.1, 0.15) is 0 Å². The third-order valence-electron chi connectivity index (χ3n) is 3.66. The number of halogens is 1. The van der Waals surface area contributed by atoms with Gasteiger partial charge in [-0.1, -0.05) is 13.8 Å². The van der Waals surface area contributed by atoms with Crippen molar-refractivity contribution in [3.8, 4) is 0 Å². The number of rotatable bonds is 3. The molecule has 2 rings (SSSR count). The van der Waals surface area contributed by atoms with Crippen LogP contribution in [0.5, 0.6) is 0 Å². The summed E-state index contributed by atoms with van der Waals surface area (Å²) in [6, 6.07) is 0. The van der Waals surface area contributed by atoms with Crippen LogP contribution in [-0.2, 0) is 9.05 Å². The van der Waals surface area contributed by atoms with E-state index in [0.717, 1.165) is 25.7 Å². The molecule has 0 spiro atoms. The molecule has 2 nitrogen and oxygen atoms in total. The molecular formula is C9H15ClO2S. The zero-order valence-electron chi connectivity index (χ0n) is 8.01. The first-order chi connectivity index (χ1) is 5.77. The SMILES string of the molecule is CC1(C)CC1CC1(S(=O)(=O)Cl)CC1. The summed E-state index contributed by atoms with van der Waals surface area (Å²) in [7, 11) is 2.10. The minimum Gasteiger partial charge on any atom is -0.212 e. The molecule has 0 heterocycles. The zero-order chi connectivity index (χ0) is 9.91. The van der Waals surface area contributed by atoms with Crippen molar-refractivity contribution < 1.29 is 8.42 Å². The standard InChI is InChI=1S/C9H15ClO2S/c1-8(2)5-7(8)6-9(3-4-9)13(10,11)12/h7H,3-6H2,1-2H3. The highest BCUT2D eigenvalue weighted by molar-refractivity contribution is 8.15. The molecular weight excluding hydrogens is 208 g/mol. The molecule has 0 amide bonds. The van der Waals surface area contributed by atoms with Gasteiger partial charge in [0, 0.05) is 10.7 Å². The molecule has 0 aromatic carbocycles. The molecule has 0 N–H and O–H groups in total. The summed E-state index contributed by atoms with van der Waals surface area (Å²) >= 11 is 0. The molecule has 0 aromatic heterocycles. The van der Waals surface area contributed by atoms with Gasteiger partial charge in [-0.15, -0.1) is 0 Å². The molecule has 0 bridgehead atoms. The highest BCUT2D eigenvalue weighted by Crippen LogP contribution is 2.61. The quantitative estimate of drug-likeness (QED) is 0.688. The summed E-state index contributed by atoms with van der Waals surface area (Å²) in [6.45, 7) is 4.38. The summed E-state index contributed by atoms with van der Waals surface area (Å²) in [4.78, 5) is 0. The van der Waals surface area contributed by atoms with E-state index in [-0.39, 0.29) is 0 Å². The Morgan fingerprint density at radius 1 is 1.38 bits per heavy atom. The van der Waals surface area contributed by atoms with Crippen molar-refractivity contribution in [3.63, 3.8) is 0 Å². The lowest BCUT2D eigenvalue weighted by atomic mass is 10.1. The smallest absolute Gasteiger partial charge is 0.212 e. The predicted octanol–water partition coefficient (Wildman–Crippen LogP) is 2.52. The summed E-state index contributed by atoms with van der Waals surface area (Å²) in [5.74, 6) is 0.573. The second-order valence-electron chi connectivity index (χ2n) is 5.21. The minimum atomic E-state index is -3.32. The molecule has 0 saturated heterocycles. The Balaban J connectivity index is 2.04. The van der Waals surface area contributed by atoms with E-state index in [9.17, 15) is 8.42 Å². The van der Waals surface area contributed by atoms with E-state index in [0.29, 0.717) is 11.3 Å². The van der Waals surface area contributed by atoms with Crippen molar-refractivity contribution in [2.45, 2.75) is 44.3 Å². The number of hydrogen-bond acceptors (Lipinski definition) is 2. The van der Waals surface area contributed by atoms with Gasteiger partial charge in [0.05, 0.1) is 4.75 Å². The lowest BCUT2D eigenvalue weighted by molar-refractivity contribution is 0.506. The Morgan fingerprint density at radius 2 is 1.85 bits per heavy atom. The second-order valence-corrected chi connectivity index (χ2v) is 8.18. The summed E-state index contributed by atoms with van der Waals surface area (Å²) in [5, 5.41) is 0. The molecule has 13 heavy (non-hydrogen) atoms. The van der Waals surface area contributed by atoms with Gasteiger partial charge >= 0.3 is 0 Å². The van der Waals surface area contributed by atoms with Gasteiger partial charge in [-0.2, -0.15) is 0 Å². The van der Waals surface area contributed by atoms with Crippen LogP contribution >= 0.6 is 10.7 Å². The molecule has 76 valence electrons. The van der Waals surface area contributed by atoms with E-state index >= 15 is 0 Å². The largest absolute Gasteiger partial charge is 0.238 e. The van der Waals surface area contributed by atoms with Crippen LogP contribution in [0.2, 0.25) is 0 Å². The van der Waals surface area contributed by atoms with Crippen LogP contribution in [0.25, 0.3) is 0 Å². The van der Waals surface area contributed by atoms with E-state index in [1.807, 2.05) is 0 Å². The Morgan fingerprint density at radius 3 is 2.08 bits per heavy atom. The third-order valence-corrected chi connectivity index (χ3v) is 6.25. The van der Waals surface area contributed by atoms with Gasteiger partial charge < -0.3 is 0 Å². The van der Waals surface area contributed by atoms with Gasteiger partial charge in [0.15, 0.2) is 0 Å². The first-order valence-electron chi connectivity index (χ1n) is 4.71. The van der Waals surface area contributed by atoms with Gasteiger partial charge in [0.2, 0.25) is 9.05 Å². The molecule has 2 aliphatic carbocycles. The maximum atomic E-state index is 11.3. The molecule has 2 saturated carbocycles. The Kier molecular flexibility index (Phi) is 1.83. The van der Waals surface area contributed by atoms with Crippen molar-refractivity contribution in [1.82, 2.24) is 0 Å². The Bertz CT molecular complexity index is 328. The second kappa shape index (κ2) is 2.43. The molecule has 0 radical (unpaired) electrons. The predicted molar refractivity (Wildman–Crippen MR) is 53.2 cm³/mol. The van der Waals surface area contributed by atoms with E-state index < -0.39 is 13.8 Å². The van der Waals surface area contributed by atoms with Crippen LogP contribution in [0.1, 0.15) is 39.5 Å². The molecule has 0 aliphatic heterocycles. The summed E-state index contributed by atoms with van der Waals surface area (Å²) in [6.07, 6.45) is 3.48. The first-order valence-corrected chi connectivity index (χ1v) is 7.02. The van der Waals surface area contributed by atoms with Crippen molar-refractivity contribution >= 4 is 19.7 Å². The monoisotopic (exact) mass is 222 g/mol. The fraction of sp³-hybridized carbons (Fsp3) is 1.00. The lowest BCUT2D eigenvalue weighted by Crippen LogP contribution is -2.19. The van der Waals surface area contributed by atoms with Crippen molar-refractivity contribution in [2.24, 2.45) is 11.3 Å². The van der Waals surface area contributed by atoms with Gasteiger partial charge in [0.25, 0.3) is 0 Å². The van der Waals surface area contributed by atoms with E-state index in [4.69, 9.17) is 10.7 Å². The average Bonchev–Trinajstić information content (AvgIpc) is 2.74. The van der Waals surface area contributed by atoms with Gasteiger partial charge in [-0.05, 0) is 37.0 Å². The van der Waals surface area contributed by atoms with Crippen LogP contribution in [0.3, 0.4) is 0 Å². The fourth-order valence-corrected chi connectivity index (χ4v) is 3.70. The van der Waals surface area contributed by atoms with Crippen LogP contribution < -0.4 is 0 Å². The minimum absolute atomic E-state index is 0.358. The molecule has 0 aromatic rings. The fourth-order valence-electron chi connectivity index (χ4n) is 2.06. The normalized spacial score (nSPS) is 34.2. The summed E-state index contributed by atoms with van der Waals surface area (Å²) in [5.41, 5.74) is 0.358. The molecule has 1 atom stereocenters. The topological polar surface area (TPSA) is 34.1 Å². The third kappa shape index (κ3) is 1.61.